The van der Waals surface area contributed by atoms with Gasteiger partial charge in [-0.25, -0.2) is 22.8 Å². The van der Waals surface area contributed by atoms with E-state index in [2.05, 4.69) is 0 Å². The average Bonchev–Trinajstić information content (AvgIpc) is 2.95. The molecule has 0 saturated heterocycles. The van der Waals surface area contributed by atoms with Crippen molar-refractivity contribution in [3.63, 3.8) is 0 Å². The minimum atomic E-state index is -0.673. The predicted octanol–water partition coefficient (Wildman–Crippen LogP) is 8.07. The lowest BCUT2D eigenvalue weighted by Gasteiger charge is -2.54. The third kappa shape index (κ3) is 4.07. The molecule has 4 nitrogen and oxygen atoms in total. The minimum absolute atomic E-state index is 0.189. The Morgan fingerprint density at radius 1 is 0.500 bits per heavy atom. The van der Waals surface area contributed by atoms with Gasteiger partial charge in [-0.1, -0.05) is 54.6 Å². The first-order valence-electron chi connectivity index (χ1n) is 13.6. The maximum atomic E-state index is 15.6. The van der Waals surface area contributed by atoms with Gasteiger partial charge in [-0.2, -0.15) is 0 Å². The van der Waals surface area contributed by atoms with E-state index in [1.54, 1.807) is 67.6 Å². The van der Waals surface area contributed by atoms with Crippen molar-refractivity contribution in [3.05, 3.63) is 163 Å². The molecule has 0 aliphatic heterocycles. The minimum Gasteiger partial charge on any atom is -0.423 e. The lowest BCUT2D eigenvalue weighted by Crippen LogP contribution is -2.41. The van der Waals surface area contributed by atoms with Crippen LogP contribution in [0, 0.1) is 24.4 Å². The number of hydrogen-bond donors (Lipinski definition) is 0. The highest BCUT2D eigenvalue weighted by atomic mass is 19.1. The molecule has 2 heterocycles. The highest BCUT2D eigenvalue weighted by Gasteiger charge is 2.55. The van der Waals surface area contributed by atoms with Gasteiger partial charge in [0.1, 0.15) is 28.6 Å². The van der Waals surface area contributed by atoms with E-state index in [0.29, 0.717) is 44.2 Å². The van der Waals surface area contributed by atoms with Crippen LogP contribution in [0.4, 0.5) is 13.2 Å². The van der Waals surface area contributed by atoms with Crippen LogP contribution in [0.3, 0.4) is 0 Å². The van der Waals surface area contributed by atoms with Gasteiger partial charge in [0.2, 0.25) is 0 Å². The molecule has 4 aromatic carbocycles. The summed E-state index contributed by atoms with van der Waals surface area (Å²) >= 11 is 0. The molecular weight excluding hydrogens is 541 g/mol. The average molecular weight is 565 g/mol. The van der Waals surface area contributed by atoms with E-state index >= 15 is 8.78 Å². The van der Waals surface area contributed by atoms with Crippen LogP contribution in [0.25, 0.3) is 21.9 Å². The van der Waals surface area contributed by atoms with E-state index in [9.17, 15) is 14.0 Å². The molecule has 1 fully saturated rings. The molecule has 7 heteroatoms. The third-order valence-electron chi connectivity index (χ3n) is 8.53. The number of halogens is 3. The van der Waals surface area contributed by atoms with Crippen LogP contribution in [0.1, 0.15) is 51.5 Å². The fraction of sp³-hybridized carbons (Fsp3) is 0.143. The van der Waals surface area contributed by atoms with Crippen LogP contribution in [0.5, 0.6) is 0 Å². The molecule has 0 amide bonds. The van der Waals surface area contributed by atoms with Gasteiger partial charge in [-0.15, -0.1) is 0 Å². The predicted molar refractivity (Wildman–Crippen MR) is 153 cm³/mol. The zero-order chi connectivity index (χ0) is 29.1. The van der Waals surface area contributed by atoms with E-state index in [0.717, 1.165) is 0 Å². The highest BCUT2D eigenvalue weighted by molar-refractivity contribution is 5.84. The Bertz CT molecular complexity index is 2130. The van der Waals surface area contributed by atoms with Crippen LogP contribution in [0.2, 0.25) is 0 Å². The maximum Gasteiger partial charge on any atom is 0.336 e. The largest absolute Gasteiger partial charge is 0.423 e. The van der Waals surface area contributed by atoms with Gasteiger partial charge < -0.3 is 8.83 Å². The van der Waals surface area contributed by atoms with Crippen LogP contribution >= 0.6 is 0 Å². The molecule has 4 atom stereocenters. The molecule has 0 radical (unpaired) electrons. The van der Waals surface area contributed by atoms with Crippen molar-refractivity contribution in [2.75, 3.05) is 0 Å². The summed E-state index contributed by atoms with van der Waals surface area (Å²) in [6, 6.07) is 25.0. The molecule has 0 spiro atoms. The quantitative estimate of drug-likeness (QED) is 0.203. The number of aryl methyl sites for hydroxylation is 1. The smallest absolute Gasteiger partial charge is 0.336 e. The molecule has 2 aromatic heterocycles. The fourth-order valence-electron chi connectivity index (χ4n) is 6.78. The molecular formula is C35H23F3O4. The molecule has 1 aliphatic carbocycles. The molecule has 0 N–H and O–H groups in total. The molecule has 1 saturated carbocycles. The van der Waals surface area contributed by atoms with Crippen molar-refractivity contribution < 1.29 is 22.0 Å². The summed E-state index contributed by atoms with van der Waals surface area (Å²) in [7, 11) is 0. The molecule has 7 rings (SSSR count). The second-order valence-corrected chi connectivity index (χ2v) is 10.8. The fourth-order valence-corrected chi connectivity index (χ4v) is 6.78. The Morgan fingerprint density at radius 2 is 0.976 bits per heavy atom. The van der Waals surface area contributed by atoms with Crippen LogP contribution in [0.15, 0.2) is 115 Å². The summed E-state index contributed by atoms with van der Waals surface area (Å²) in [5.41, 5.74) is 1.27. The molecule has 208 valence electrons. The number of rotatable bonds is 4. The van der Waals surface area contributed by atoms with Crippen LogP contribution in [-0.2, 0) is 0 Å². The van der Waals surface area contributed by atoms with Crippen LogP contribution < -0.4 is 11.3 Å². The Labute approximate surface area is 237 Å². The summed E-state index contributed by atoms with van der Waals surface area (Å²) in [5, 5.41) is 0.989. The van der Waals surface area contributed by atoms with Crippen molar-refractivity contribution in [2.45, 2.75) is 30.6 Å². The molecule has 42 heavy (non-hydrogen) atoms. The van der Waals surface area contributed by atoms with Gasteiger partial charge in [0.05, 0.1) is 0 Å². The zero-order valence-corrected chi connectivity index (χ0v) is 22.3. The monoisotopic (exact) mass is 564 g/mol. The van der Waals surface area contributed by atoms with Gasteiger partial charge in [-0.05, 0) is 76.9 Å². The maximum absolute atomic E-state index is 15.6. The van der Waals surface area contributed by atoms with Crippen LogP contribution in [-0.4, -0.2) is 0 Å². The van der Waals surface area contributed by atoms with E-state index in [1.807, 2.05) is 0 Å². The van der Waals surface area contributed by atoms with Crippen molar-refractivity contribution in [2.24, 2.45) is 0 Å². The standard InChI is InChI=1S/C35H23F3O4/c1-18-14-29-22(15-27(18)38)24(17-31(40)42-29)35-33(21-10-3-6-12-26(21)37)32(20-9-2-5-11-25(20)36)34(35)23-16-30(39)41-28-13-7-4-8-19(23)28/h2-17,32-35H,1H3. The summed E-state index contributed by atoms with van der Waals surface area (Å²) < 4.78 is 57.1. The van der Waals surface area contributed by atoms with Gasteiger partial charge in [-0.3, -0.25) is 0 Å². The van der Waals surface area contributed by atoms with Crippen molar-refractivity contribution >= 4 is 21.9 Å². The normalized spacial score (nSPS) is 20.1. The Balaban J connectivity index is 1.59. The summed E-state index contributed by atoms with van der Waals surface area (Å²) in [4.78, 5) is 25.8. The summed E-state index contributed by atoms with van der Waals surface area (Å²) in [6.45, 7) is 1.57. The topological polar surface area (TPSA) is 60.4 Å². The van der Waals surface area contributed by atoms with E-state index in [1.165, 1.54) is 36.4 Å². The first-order chi connectivity index (χ1) is 20.3. The van der Waals surface area contributed by atoms with Gasteiger partial charge in [0, 0.05) is 34.7 Å². The number of para-hydroxylation sites is 1. The number of fused-ring (bicyclic) bond motifs is 2. The lowest BCUT2D eigenvalue weighted by molar-refractivity contribution is 0.220. The van der Waals surface area contributed by atoms with Crippen molar-refractivity contribution in [3.8, 4) is 0 Å². The van der Waals surface area contributed by atoms with E-state index in [-0.39, 0.29) is 5.58 Å². The zero-order valence-electron chi connectivity index (χ0n) is 22.3. The molecule has 4 unspecified atom stereocenters. The second kappa shape index (κ2) is 9.87. The molecule has 6 aromatic rings. The van der Waals surface area contributed by atoms with E-state index < -0.39 is 52.4 Å². The van der Waals surface area contributed by atoms with Gasteiger partial charge in [0.15, 0.2) is 0 Å². The van der Waals surface area contributed by atoms with Crippen molar-refractivity contribution in [1.29, 1.82) is 0 Å². The molecule has 1 aliphatic rings. The molecule has 0 bridgehead atoms. The van der Waals surface area contributed by atoms with Crippen molar-refractivity contribution in [1.82, 2.24) is 0 Å². The van der Waals surface area contributed by atoms with Gasteiger partial charge >= 0.3 is 11.3 Å². The summed E-state index contributed by atoms with van der Waals surface area (Å²) in [6.07, 6.45) is 0. The van der Waals surface area contributed by atoms with Gasteiger partial charge in [0.25, 0.3) is 0 Å². The first kappa shape index (κ1) is 26.0. The van der Waals surface area contributed by atoms with E-state index in [4.69, 9.17) is 8.83 Å². The second-order valence-electron chi connectivity index (χ2n) is 10.8. The highest BCUT2D eigenvalue weighted by Crippen LogP contribution is 2.68. The Hall–Kier alpha value is -4.91. The Morgan fingerprint density at radius 3 is 1.57 bits per heavy atom. The first-order valence-corrected chi connectivity index (χ1v) is 13.6. The SMILES string of the molecule is Cc1cc2oc(=O)cc(C3C(c4ccccc4F)C(c4ccccc4F)C3c3cc(=O)oc4ccccc34)c2cc1F. The Kier molecular flexibility index (Phi) is 6.12. The summed E-state index contributed by atoms with van der Waals surface area (Å²) in [5.74, 6) is -4.05. The number of hydrogen-bond acceptors (Lipinski definition) is 4. The number of benzene rings is 4. The lowest BCUT2D eigenvalue weighted by atomic mass is 9.48. The third-order valence-corrected chi connectivity index (χ3v) is 8.53.